The lowest BCUT2D eigenvalue weighted by Crippen LogP contribution is -2.53. The Kier molecular flexibility index (Phi) is 12.3. The zero-order valence-corrected chi connectivity index (χ0v) is 22.3. The molecule has 0 aromatic heterocycles. The van der Waals surface area contributed by atoms with Crippen molar-refractivity contribution >= 4 is 36.6 Å². The third-order valence-electron chi connectivity index (χ3n) is 6.37. The Morgan fingerprint density at radius 2 is 1.91 bits per heavy atom. The molecule has 1 heterocycles. The van der Waals surface area contributed by atoms with E-state index in [4.69, 9.17) is 0 Å². The van der Waals surface area contributed by atoms with E-state index in [2.05, 4.69) is 38.1 Å². The fourth-order valence-electron chi connectivity index (χ4n) is 4.08. The van der Waals surface area contributed by atoms with Gasteiger partial charge in [0.05, 0.1) is 5.57 Å². The minimum Gasteiger partial charge on any atom is -0.339 e. The molecule has 188 valence electrons. The number of carbonyl (C=O) groups excluding carboxylic acids is 1. The molecule has 0 aromatic carbocycles. The van der Waals surface area contributed by atoms with Gasteiger partial charge in [0.1, 0.15) is 5.03 Å². The molecule has 2 rings (SSSR count). The first-order valence-electron chi connectivity index (χ1n) is 12.5. The lowest BCUT2D eigenvalue weighted by Gasteiger charge is -2.43. The first-order chi connectivity index (χ1) is 16.5. The lowest BCUT2D eigenvalue weighted by atomic mass is 9.91. The van der Waals surface area contributed by atoms with Crippen LogP contribution in [0.25, 0.3) is 0 Å². The number of thioether (sulfide) groups is 1. The van der Waals surface area contributed by atoms with Crippen LogP contribution in [0.5, 0.6) is 0 Å². The second-order valence-corrected chi connectivity index (χ2v) is 9.80. The van der Waals surface area contributed by atoms with Crippen LogP contribution in [0.1, 0.15) is 53.4 Å². The van der Waals surface area contributed by atoms with Gasteiger partial charge in [0.25, 0.3) is 5.91 Å². The van der Waals surface area contributed by atoms with E-state index in [0.717, 1.165) is 55.0 Å². The Morgan fingerprint density at radius 1 is 1.21 bits per heavy atom. The minimum atomic E-state index is -0.0341. The van der Waals surface area contributed by atoms with Gasteiger partial charge in [-0.15, -0.1) is 11.8 Å². The molecule has 7 nitrogen and oxygen atoms in total. The van der Waals surface area contributed by atoms with Crippen LogP contribution in [0.2, 0.25) is 0 Å². The van der Waals surface area contributed by atoms with Crippen molar-refractivity contribution in [1.29, 1.82) is 0 Å². The van der Waals surface area contributed by atoms with Crippen LogP contribution < -0.4 is 0 Å². The molecule has 34 heavy (non-hydrogen) atoms. The summed E-state index contributed by atoms with van der Waals surface area (Å²) in [6, 6.07) is 0.785. The van der Waals surface area contributed by atoms with Gasteiger partial charge in [0.2, 0.25) is 5.96 Å². The van der Waals surface area contributed by atoms with E-state index < -0.39 is 0 Å². The van der Waals surface area contributed by atoms with E-state index in [9.17, 15) is 4.79 Å². The second-order valence-electron chi connectivity index (χ2n) is 8.55. The molecule has 0 N–H and O–H groups in total. The van der Waals surface area contributed by atoms with Crippen molar-refractivity contribution in [2.45, 2.75) is 59.4 Å². The molecule has 0 atom stereocenters. The van der Waals surface area contributed by atoms with Crippen molar-refractivity contribution in [2.75, 3.05) is 45.0 Å². The molecule has 0 unspecified atom stereocenters. The molecule has 8 heteroatoms. The summed E-state index contributed by atoms with van der Waals surface area (Å²) in [6.07, 6.45) is 9.99. The van der Waals surface area contributed by atoms with Crippen LogP contribution in [0.4, 0.5) is 0 Å². The van der Waals surface area contributed by atoms with E-state index in [-0.39, 0.29) is 5.91 Å². The van der Waals surface area contributed by atoms with Crippen molar-refractivity contribution in [3.63, 3.8) is 0 Å². The van der Waals surface area contributed by atoms with Crippen molar-refractivity contribution < 1.29 is 4.79 Å². The molecule has 1 saturated heterocycles. The summed E-state index contributed by atoms with van der Waals surface area (Å²) in [5.74, 6) is 1.50. The van der Waals surface area contributed by atoms with E-state index in [1.807, 2.05) is 38.8 Å². The van der Waals surface area contributed by atoms with Gasteiger partial charge < -0.3 is 9.80 Å². The highest BCUT2D eigenvalue weighted by Crippen LogP contribution is 2.26. The monoisotopic (exact) mass is 486 g/mol. The van der Waals surface area contributed by atoms with E-state index >= 15 is 0 Å². The molecule has 0 spiro atoms. The third kappa shape index (κ3) is 7.94. The first-order valence-corrected chi connectivity index (χ1v) is 13.4. The van der Waals surface area contributed by atoms with Gasteiger partial charge >= 0.3 is 0 Å². The highest BCUT2D eigenvalue weighted by Gasteiger charge is 2.28. The Balaban J connectivity index is 1.97. The summed E-state index contributed by atoms with van der Waals surface area (Å²) in [6.45, 7) is 20.8. The summed E-state index contributed by atoms with van der Waals surface area (Å²) in [5.41, 5.74) is 1.66. The molecular formula is C26H42N6OS. The Bertz CT molecular complexity index is 819. The van der Waals surface area contributed by atoms with Crippen molar-refractivity contribution in [1.82, 2.24) is 14.7 Å². The number of nitrogens with zero attached hydrogens (tertiary/aromatic N) is 6. The number of piperazine rings is 1. The molecule has 1 aliphatic carbocycles. The zero-order valence-electron chi connectivity index (χ0n) is 21.5. The number of hydrogen-bond acceptors (Lipinski definition) is 5. The van der Waals surface area contributed by atoms with Crippen LogP contribution in [0.3, 0.4) is 0 Å². The largest absolute Gasteiger partial charge is 0.339 e. The van der Waals surface area contributed by atoms with Gasteiger partial charge in [-0.05, 0) is 52.5 Å². The van der Waals surface area contributed by atoms with Gasteiger partial charge in [-0.1, -0.05) is 31.6 Å². The normalized spacial score (nSPS) is 19.1. The van der Waals surface area contributed by atoms with Crippen LogP contribution >= 0.6 is 11.8 Å². The zero-order chi connectivity index (χ0) is 24.9. The number of amides is 1. The molecule has 0 aromatic rings. The Morgan fingerprint density at radius 3 is 2.41 bits per heavy atom. The number of likely N-dealkylation sites (N-methyl/N-ethyl adjacent to an activating group) is 1. The number of carbonyl (C=O) groups is 1. The van der Waals surface area contributed by atoms with Gasteiger partial charge in [-0.3, -0.25) is 14.7 Å². The molecule has 1 amide bonds. The highest BCUT2D eigenvalue weighted by molar-refractivity contribution is 8.03. The van der Waals surface area contributed by atoms with Crippen molar-refractivity contribution in [3.8, 4) is 0 Å². The Hall–Kier alpha value is -2.19. The fraction of sp³-hybridized carbons (Fsp3) is 0.615. The average molecular weight is 487 g/mol. The molecule has 0 radical (unpaired) electrons. The summed E-state index contributed by atoms with van der Waals surface area (Å²) < 4.78 is 0. The SMILES string of the molecule is C=C/C(C(=O)N(CC)CC/C(C)=C/N=C(N=C)N1CCN(C2CCC2)CC1)=C(\N=C/C)SCC. The summed E-state index contributed by atoms with van der Waals surface area (Å²) in [7, 11) is 0. The maximum absolute atomic E-state index is 13.2. The Labute approximate surface area is 210 Å². The number of guanidine groups is 1. The summed E-state index contributed by atoms with van der Waals surface area (Å²) in [5, 5.41) is 0.722. The summed E-state index contributed by atoms with van der Waals surface area (Å²) in [4.78, 5) is 33.0. The molecule has 2 fully saturated rings. The van der Waals surface area contributed by atoms with Gasteiger partial charge in [0, 0.05) is 57.7 Å². The van der Waals surface area contributed by atoms with Gasteiger partial charge in [0.15, 0.2) is 0 Å². The maximum Gasteiger partial charge on any atom is 0.256 e. The fourth-order valence-corrected chi connectivity index (χ4v) is 4.86. The van der Waals surface area contributed by atoms with Gasteiger partial charge in [-0.2, -0.15) is 0 Å². The van der Waals surface area contributed by atoms with Gasteiger partial charge in [-0.25, -0.2) is 9.98 Å². The number of aliphatic imine (C=N–C) groups is 3. The predicted octanol–water partition coefficient (Wildman–Crippen LogP) is 4.60. The second kappa shape index (κ2) is 14.9. The molecule has 0 bridgehead atoms. The van der Waals surface area contributed by atoms with E-state index in [1.54, 1.807) is 24.1 Å². The van der Waals surface area contributed by atoms with Crippen LogP contribution in [0, 0.1) is 0 Å². The smallest absolute Gasteiger partial charge is 0.256 e. The maximum atomic E-state index is 13.2. The number of rotatable bonds is 11. The van der Waals surface area contributed by atoms with E-state index in [0.29, 0.717) is 24.6 Å². The molecule has 2 aliphatic rings. The van der Waals surface area contributed by atoms with Crippen molar-refractivity contribution in [3.05, 3.63) is 35.0 Å². The first kappa shape index (κ1) is 28.1. The minimum absolute atomic E-state index is 0.0341. The topological polar surface area (TPSA) is 63.9 Å². The molecular weight excluding hydrogens is 444 g/mol. The van der Waals surface area contributed by atoms with Crippen molar-refractivity contribution in [2.24, 2.45) is 15.0 Å². The van der Waals surface area contributed by atoms with E-state index in [1.165, 1.54) is 19.3 Å². The van der Waals surface area contributed by atoms with Crippen LogP contribution in [0.15, 0.2) is 50.0 Å². The third-order valence-corrected chi connectivity index (χ3v) is 7.25. The average Bonchev–Trinajstić information content (AvgIpc) is 2.80. The number of hydrogen-bond donors (Lipinski definition) is 0. The highest BCUT2D eigenvalue weighted by atomic mass is 32.2. The molecule has 1 saturated carbocycles. The van der Waals surface area contributed by atoms with Crippen LogP contribution in [-0.2, 0) is 4.79 Å². The molecule has 1 aliphatic heterocycles. The summed E-state index contributed by atoms with van der Waals surface area (Å²) >= 11 is 1.56. The predicted molar refractivity (Wildman–Crippen MR) is 148 cm³/mol. The quantitative estimate of drug-likeness (QED) is 0.185. The standard InChI is InChI=1S/C26H42N6OS/c1-7-23(24(28-8-2)34-10-4)25(33)30(9-3)15-14-21(5)20-29-26(27-6)32-18-16-31(17-19-32)22-12-11-13-22/h7-8,20,22H,1,6,9-19H2,2-5H3/b21-20+,24-23-,28-8-,29-26?. The van der Waals surface area contributed by atoms with Crippen LogP contribution in [-0.4, -0.2) is 90.6 Å². The lowest BCUT2D eigenvalue weighted by molar-refractivity contribution is -0.126.